The molecule has 1 aromatic heterocycles. The van der Waals surface area contributed by atoms with Gasteiger partial charge in [0.25, 0.3) is 5.91 Å². The number of furan rings is 1. The van der Waals surface area contributed by atoms with Crippen molar-refractivity contribution >= 4 is 21.4 Å². The molecule has 0 saturated carbocycles. The van der Waals surface area contributed by atoms with E-state index in [1.807, 2.05) is 18.2 Å². The Morgan fingerprint density at radius 2 is 1.96 bits per heavy atom. The standard InChI is InChI=1S/C19H24N2O4S/c1-20(19(22)18-11-10-17(25-18)14-26(2,23)24)16-9-6-12-21(13-16)15-7-4-3-5-8-15/h3-5,7-8,10-11,16H,6,9,12-14H2,1-2H3. The Bertz CT molecular complexity index is 861. The molecule has 26 heavy (non-hydrogen) atoms. The lowest BCUT2D eigenvalue weighted by atomic mass is 10.0. The van der Waals surface area contributed by atoms with Gasteiger partial charge in [0.05, 0.1) is 0 Å². The maximum Gasteiger partial charge on any atom is 0.289 e. The van der Waals surface area contributed by atoms with Gasteiger partial charge in [0.1, 0.15) is 11.5 Å². The Balaban J connectivity index is 1.68. The van der Waals surface area contributed by atoms with E-state index < -0.39 is 9.84 Å². The number of nitrogens with zero attached hydrogens (tertiary/aromatic N) is 2. The average Bonchev–Trinajstić information content (AvgIpc) is 3.08. The first-order chi connectivity index (χ1) is 12.3. The lowest BCUT2D eigenvalue weighted by Gasteiger charge is -2.38. The van der Waals surface area contributed by atoms with Gasteiger partial charge in [0, 0.05) is 38.1 Å². The fourth-order valence-corrected chi connectivity index (χ4v) is 3.98. The van der Waals surface area contributed by atoms with Crippen LogP contribution in [0.3, 0.4) is 0 Å². The molecule has 1 saturated heterocycles. The molecule has 1 unspecified atom stereocenters. The largest absolute Gasteiger partial charge is 0.455 e. The molecule has 1 aromatic carbocycles. The molecule has 2 aromatic rings. The molecule has 1 fully saturated rings. The number of likely N-dealkylation sites (N-methyl/N-ethyl adjacent to an activating group) is 1. The summed E-state index contributed by atoms with van der Waals surface area (Å²) < 4.78 is 28.2. The van der Waals surface area contributed by atoms with Crippen LogP contribution in [0.4, 0.5) is 5.69 Å². The van der Waals surface area contributed by atoms with Crippen molar-refractivity contribution in [1.29, 1.82) is 0 Å². The fourth-order valence-electron chi connectivity index (χ4n) is 3.31. The summed E-state index contributed by atoms with van der Waals surface area (Å²) >= 11 is 0. The number of piperidine rings is 1. The minimum absolute atomic E-state index is 0.0833. The molecule has 1 atom stereocenters. The van der Waals surface area contributed by atoms with E-state index in [1.54, 1.807) is 24.1 Å². The van der Waals surface area contributed by atoms with Crippen molar-refractivity contribution in [3.05, 3.63) is 54.0 Å². The van der Waals surface area contributed by atoms with E-state index in [0.717, 1.165) is 37.9 Å². The second kappa shape index (κ2) is 7.53. The molecule has 6 nitrogen and oxygen atoms in total. The number of hydrogen-bond acceptors (Lipinski definition) is 5. The first-order valence-corrected chi connectivity index (χ1v) is 10.7. The van der Waals surface area contributed by atoms with Gasteiger partial charge in [-0.25, -0.2) is 8.42 Å². The van der Waals surface area contributed by atoms with Crippen LogP contribution in [0, 0.1) is 0 Å². The Morgan fingerprint density at radius 3 is 2.65 bits per heavy atom. The van der Waals surface area contributed by atoms with Gasteiger partial charge in [0.2, 0.25) is 0 Å². The van der Waals surface area contributed by atoms with E-state index in [0.29, 0.717) is 5.76 Å². The average molecular weight is 376 g/mol. The molecule has 1 aliphatic rings. The SMILES string of the molecule is CN(C(=O)c1ccc(CS(C)(=O)=O)o1)C1CCCN(c2ccccc2)C1. The van der Waals surface area contributed by atoms with Crippen LogP contribution >= 0.6 is 0 Å². The van der Waals surface area contributed by atoms with Crippen LogP contribution < -0.4 is 4.90 Å². The van der Waals surface area contributed by atoms with Gasteiger partial charge in [-0.1, -0.05) is 18.2 Å². The zero-order chi connectivity index (χ0) is 18.7. The first-order valence-electron chi connectivity index (χ1n) is 8.67. The number of hydrogen-bond donors (Lipinski definition) is 0. The van der Waals surface area contributed by atoms with Gasteiger partial charge in [-0.05, 0) is 37.1 Å². The van der Waals surface area contributed by atoms with E-state index in [2.05, 4.69) is 17.0 Å². The zero-order valence-electron chi connectivity index (χ0n) is 15.1. The highest BCUT2D eigenvalue weighted by Crippen LogP contribution is 2.23. The summed E-state index contributed by atoms with van der Waals surface area (Å²) in [6, 6.07) is 13.4. The minimum Gasteiger partial charge on any atom is -0.455 e. The van der Waals surface area contributed by atoms with Crippen molar-refractivity contribution in [3.63, 3.8) is 0 Å². The fraction of sp³-hybridized carbons (Fsp3) is 0.421. The Hall–Kier alpha value is -2.28. The third-order valence-corrected chi connectivity index (χ3v) is 5.47. The summed E-state index contributed by atoms with van der Waals surface area (Å²) in [5.74, 6) is 0.0568. The molecule has 3 rings (SSSR count). The van der Waals surface area contributed by atoms with E-state index in [-0.39, 0.29) is 23.5 Å². The summed E-state index contributed by atoms with van der Waals surface area (Å²) in [4.78, 5) is 16.7. The topological polar surface area (TPSA) is 70.8 Å². The van der Waals surface area contributed by atoms with Crippen molar-refractivity contribution in [1.82, 2.24) is 4.90 Å². The van der Waals surface area contributed by atoms with Gasteiger partial charge in [-0.2, -0.15) is 0 Å². The molecule has 7 heteroatoms. The van der Waals surface area contributed by atoms with Crippen LogP contribution in [0.2, 0.25) is 0 Å². The second-order valence-electron chi connectivity index (χ2n) is 6.83. The third-order valence-electron chi connectivity index (χ3n) is 4.66. The molecule has 0 spiro atoms. The van der Waals surface area contributed by atoms with Crippen molar-refractivity contribution < 1.29 is 17.6 Å². The molecule has 1 aliphatic heterocycles. The molecule has 140 valence electrons. The van der Waals surface area contributed by atoms with E-state index in [1.165, 1.54) is 0 Å². The lowest BCUT2D eigenvalue weighted by Crippen LogP contribution is -2.48. The predicted octanol–water partition coefficient (Wildman–Crippen LogP) is 2.57. The van der Waals surface area contributed by atoms with Gasteiger partial charge >= 0.3 is 0 Å². The number of rotatable bonds is 5. The second-order valence-corrected chi connectivity index (χ2v) is 8.97. The van der Waals surface area contributed by atoms with Crippen molar-refractivity contribution in [2.24, 2.45) is 0 Å². The van der Waals surface area contributed by atoms with Crippen molar-refractivity contribution in [2.45, 2.75) is 24.6 Å². The number of sulfone groups is 1. The van der Waals surface area contributed by atoms with Crippen LogP contribution in [0.25, 0.3) is 0 Å². The maximum atomic E-state index is 12.7. The quantitative estimate of drug-likeness (QED) is 0.802. The van der Waals surface area contributed by atoms with Crippen LogP contribution in [0.5, 0.6) is 0 Å². The summed E-state index contributed by atoms with van der Waals surface area (Å²) in [5.41, 5.74) is 1.16. The highest BCUT2D eigenvalue weighted by Gasteiger charge is 2.28. The molecule has 0 aliphatic carbocycles. The zero-order valence-corrected chi connectivity index (χ0v) is 15.9. The molecule has 0 radical (unpaired) electrons. The molecule has 0 N–H and O–H groups in total. The summed E-state index contributed by atoms with van der Waals surface area (Å²) in [6.07, 6.45) is 3.08. The van der Waals surface area contributed by atoms with E-state index >= 15 is 0 Å². The molecule has 1 amide bonds. The number of carbonyl (C=O) groups is 1. The lowest BCUT2D eigenvalue weighted by molar-refractivity contribution is 0.0683. The van der Waals surface area contributed by atoms with Crippen LogP contribution in [-0.4, -0.2) is 51.7 Å². The van der Waals surface area contributed by atoms with E-state index in [9.17, 15) is 13.2 Å². The number of carbonyl (C=O) groups excluding carboxylic acids is 1. The molecule has 2 heterocycles. The maximum absolute atomic E-state index is 12.7. The monoisotopic (exact) mass is 376 g/mol. The number of para-hydroxylation sites is 1. The number of amides is 1. The predicted molar refractivity (Wildman–Crippen MR) is 101 cm³/mol. The van der Waals surface area contributed by atoms with Crippen molar-refractivity contribution in [2.75, 3.05) is 31.3 Å². The first kappa shape index (κ1) is 18.5. The number of benzene rings is 1. The van der Waals surface area contributed by atoms with Crippen LogP contribution in [0.15, 0.2) is 46.9 Å². The smallest absolute Gasteiger partial charge is 0.289 e. The van der Waals surface area contributed by atoms with Crippen molar-refractivity contribution in [3.8, 4) is 0 Å². The van der Waals surface area contributed by atoms with Crippen LogP contribution in [-0.2, 0) is 15.6 Å². The van der Waals surface area contributed by atoms with Gasteiger partial charge in [0.15, 0.2) is 15.6 Å². The summed E-state index contributed by atoms with van der Waals surface area (Å²) in [6.45, 7) is 1.74. The third kappa shape index (κ3) is 4.46. The van der Waals surface area contributed by atoms with Gasteiger partial charge < -0.3 is 14.2 Å². The Morgan fingerprint density at radius 1 is 1.23 bits per heavy atom. The van der Waals surface area contributed by atoms with E-state index in [4.69, 9.17) is 4.42 Å². The van der Waals surface area contributed by atoms with Crippen LogP contribution in [0.1, 0.15) is 29.2 Å². The molecular weight excluding hydrogens is 352 g/mol. The Labute approximate surface area is 154 Å². The van der Waals surface area contributed by atoms with Gasteiger partial charge in [-0.15, -0.1) is 0 Å². The summed E-state index contributed by atoms with van der Waals surface area (Å²) in [7, 11) is -1.42. The number of anilines is 1. The molecular formula is C19H24N2O4S. The van der Waals surface area contributed by atoms with Gasteiger partial charge in [-0.3, -0.25) is 4.79 Å². The normalized spacial score (nSPS) is 17.9. The Kier molecular flexibility index (Phi) is 5.36. The minimum atomic E-state index is -3.19. The molecule has 0 bridgehead atoms. The highest BCUT2D eigenvalue weighted by molar-refractivity contribution is 7.89. The summed E-state index contributed by atoms with van der Waals surface area (Å²) in [5, 5.41) is 0. The highest BCUT2D eigenvalue weighted by atomic mass is 32.2.